The van der Waals surface area contributed by atoms with Crippen molar-refractivity contribution in [3.05, 3.63) is 0 Å². The molecule has 1 saturated heterocycles. The minimum atomic E-state index is -0.336. The van der Waals surface area contributed by atoms with Crippen LogP contribution >= 0.6 is 0 Å². The molecular formula is C8H17NO3. The number of aliphatic hydroxyl groups excluding tert-OH is 2. The normalized spacial score (nSPS) is 28.8. The highest BCUT2D eigenvalue weighted by Crippen LogP contribution is 2.06. The number of aliphatic hydroxyl groups is 2. The molecule has 2 atom stereocenters. The van der Waals surface area contributed by atoms with E-state index in [0.717, 1.165) is 6.54 Å². The molecule has 0 spiro atoms. The summed E-state index contributed by atoms with van der Waals surface area (Å²) in [5.41, 5.74) is 0. The Morgan fingerprint density at radius 2 is 2.42 bits per heavy atom. The molecule has 0 saturated carbocycles. The lowest BCUT2D eigenvalue weighted by atomic mass is 10.2. The molecule has 1 aliphatic rings. The fourth-order valence-corrected chi connectivity index (χ4v) is 1.44. The average Bonchev–Trinajstić information content (AvgIpc) is 2.04. The van der Waals surface area contributed by atoms with E-state index in [4.69, 9.17) is 14.9 Å². The Morgan fingerprint density at radius 1 is 1.67 bits per heavy atom. The van der Waals surface area contributed by atoms with Crippen LogP contribution in [0.4, 0.5) is 0 Å². The van der Waals surface area contributed by atoms with Crippen LogP contribution in [0.5, 0.6) is 0 Å². The summed E-state index contributed by atoms with van der Waals surface area (Å²) < 4.78 is 5.20. The van der Waals surface area contributed by atoms with Gasteiger partial charge in [-0.15, -0.1) is 0 Å². The van der Waals surface area contributed by atoms with Crippen LogP contribution in [0, 0.1) is 0 Å². The Kier molecular flexibility index (Phi) is 3.94. The smallest absolute Gasteiger partial charge is 0.0644 e. The van der Waals surface area contributed by atoms with Crippen LogP contribution in [0.25, 0.3) is 0 Å². The lowest BCUT2D eigenvalue weighted by molar-refractivity contribution is -0.0411. The Bertz CT molecular complexity index is 129. The summed E-state index contributed by atoms with van der Waals surface area (Å²) in [6.45, 7) is 4.55. The standard InChI is InChI=1S/C8H17NO3/c1-7(11)4-9-2-3-12-6-8(9)5-10/h7-8,10-11H,2-6H2,1H3/t7-,8?/m0/s1. The predicted octanol–water partition coefficient (Wildman–Crippen LogP) is -0.940. The van der Waals surface area contributed by atoms with E-state index in [9.17, 15) is 0 Å². The molecule has 0 aliphatic carbocycles. The number of ether oxygens (including phenoxy) is 1. The molecule has 4 nitrogen and oxygen atoms in total. The first-order valence-corrected chi connectivity index (χ1v) is 4.34. The Morgan fingerprint density at radius 3 is 3.00 bits per heavy atom. The summed E-state index contributed by atoms with van der Waals surface area (Å²) in [6, 6.07) is 0.0633. The first kappa shape index (κ1) is 9.92. The van der Waals surface area contributed by atoms with Crippen LogP contribution < -0.4 is 0 Å². The fourth-order valence-electron chi connectivity index (χ4n) is 1.44. The first-order valence-electron chi connectivity index (χ1n) is 4.34. The summed E-state index contributed by atoms with van der Waals surface area (Å²) in [7, 11) is 0. The second-order valence-corrected chi connectivity index (χ2v) is 3.26. The van der Waals surface area contributed by atoms with Crippen LogP contribution in [0.15, 0.2) is 0 Å². The van der Waals surface area contributed by atoms with Gasteiger partial charge in [0.15, 0.2) is 0 Å². The molecule has 2 N–H and O–H groups in total. The fraction of sp³-hybridized carbons (Fsp3) is 1.00. The van der Waals surface area contributed by atoms with Crippen molar-refractivity contribution in [3.63, 3.8) is 0 Å². The molecule has 1 aliphatic heterocycles. The van der Waals surface area contributed by atoms with E-state index in [1.54, 1.807) is 6.92 Å². The monoisotopic (exact) mass is 175 g/mol. The van der Waals surface area contributed by atoms with Crippen LogP contribution in [0.2, 0.25) is 0 Å². The molecule has 12 heavy (non-hydrogen) atoms. The van der Waals surface area contributed by atoms with Gasteiger partial charge in [0, 0.05) is 13.1 Å². The molecule has 0 amide bonds. The maximum Gasteiger partial charge on any atom is 0.0644 e. The van der Waals surface area contributed by atoms with E-state index >= 15 is 0 Å². The molecule has 0 aromatic carbocycles. The van der Waals surface area contributed by atoms with Gasteiger partial charge in [-0.05, 0) is 6.92 Å². The second kappa shape index (κ2) is 4.77. The van der Waals surface area contributed by atoms with Gasteiger partial charge in [-0.25, -0.2) is 0 Å². The molecule has 0 radical (unpaired) electrons. The number of rotatable bonds is 3. The SMILES string of the molecule is C[C@H](O)CN1CCOCC1CO. The van der Waals surface area contributed by atoms with Crippen LogP contribution in [0.3, 0.4) is 0 Å². The van der Waals surface area contributed by atoms with E-state index in [0.29, 0.717) is 19.8 Å². The highest BCUT2D eigenvalue weighted by atomic mass is 16.5. The van der Waals surface area contributed by atoms with Crippen molar-refractivity contribution in [2.75, 3.05) is 32.9 Å². The number of hydrogen-bond donors (Lipinski definition) is 2. The van der Waals surface area contributed by atoms with Gasteiger partial charge in [0.05, 0.1) is 32.0 Å². The topological polar surface area (TPSA) is 52.9 Å². The van der Waals surface area contributed by atoms with Gasteiger partial charge < -0.3 is 14.9 Å². The van der Waals surface area contributed by atoms with Crippen molar-refractivity contribution in [1.29, 1.82) is 0 Å². The van der Waals surface area contributed by atoms with Gasteiger partial charge in [0.1, 0.15) is 0 Å². The summed E-state index contributed by atoms with van der Waals surface area (Å²) in [5, 5.41) is 18.1. The van der Waals surface area contributed by atoms with E-state index < -0.39 is 0 Å². The van der Waals surface area contributed by atoms with Crippen molar-refractivity contribution in [2.24, 2.45) is 0 Å². The molecule has 0 aromatic rings. The maximum absolute atomic E-state index is 9.15. The van der Waals surface area contributed by atoms with Crippen molar-refractivity contribution in [2.45, 2.75) is 19.1 Å². The summed E-state index contributed by atoms with van der Waals surface area (Å²) in [5.74, 6) is 0. The Hall–Kier alpha value is -0.160. The number of morpholine rings is 1. The van der Waals surface area contributed by atoms with Crippen molar-refractivity contribution in [1.82, 2.24) is 4.90 Å². The highest BCUT2D eigenvalue weighted by molar-refractivity contribution is 4.75. The summed E-state index contributed by atoms with van der Waals surface area (Å²) >= 11 is 0. The summed E-state index contributed by atoms with van der Waals surface area (Å²) in [4.78, 5) is 2.06. The third kappa shape index (κ3) is 2.71. The molecular weight excluding hydrogens is 158 g/mol. The van der Waals surface area contributed by atoms with Gasteiger partial charge in [-0.3, -0.25) is 4.90 Å². The lowest BCUT2D eigenvalue weighted by Gasteiger charge is -2.34. The molecule has 1 rings (SSSR count). The maximum atomic E-state index is 9.15. The van der Waals surface area contributed by atoms with Crippen molar-refractivity contribution in [3.8, 4) is 0 Å². The average molecular weight is 175 g/mol. The molecule has 1 heterocycles. The largest absolute Gasteiger partial charge is 0.395 e. The van der Waals surface area contributed by atoms with Gasteiger partial charge in [0.25, 0.3) is 0 Å². The molecule has 1 fully saturated rings. The second-order valence-electron chi connectivity index (χ2n) is 3.26. The van der Waals surface area contributed by atoms with E-state index in [1.165, 1.54) is 0 Å². The summed E-state index contributed by atoms with van der Waals surface area (Å²) in [6.07, 6.45) is -0.336. The molecule has 0 aromatic heterocycles. The van der Waals surface area contributed by atoms with Gasteiger partial charge in [-0.1, -0.05) is 0 Å². The molecule has 0 bridgehead atoms. The number of hydrogen-bond acceptors (Lipinski definition) is 4. The Balaban J connectivity index is 2.36. The zero-order valence-corrected chi connectivity index (χ0v) is 7.44. The molecule has 4 heteroatoms. The highest BCUT2D eigenvalue weighted by Gasteiger charge is 2.22. The van der Waals surface area contributed by atoms with Crippen molar-refractivity contribution < 1.29 is 14.9 Å². The number of β-amino-alcohol motifs (C(OH)–C–C–N with tert-alkyl or cyclic N) is 1. The first-order chi connectivity index (χ1) is 5.74. The van der Waals surface area contributed by atoms with Crippen LogP contribution in [-0.2, 0) is 4.74 Å². The Labute approximate surface area is 72.7 Å². The zero-order chi connectivity index (χ0) is 8.97. The van der Waals surface area contributed by atoms with E-state index in [-0.39, 0.29) is 18.8 Å². The minimum Gasteiger partial charge on any atom is -0.395 e. The predicted molar refractivity (Wildman–Crippen MR) is 44.9 cm³/mol. The van der Waals surface area contributed by atoms with Crippen LogP contribution in [0.1, 0.15) is 6.92 Å². The molecule has 72 valence electrons. The lowest BCUT2D eigenvalue weighted by Crippen LogP contribution is -2.49. The van der Waals surface area contributed by atoms with Crippen molar-refractivity contribution >= 4 is 0 Å². The van der Waals surface area contributed by atoms with E-state index in [2.05, 4.69) is 4.90 Å². The quantitative estimate of drug-likeness (QED) is 0.581. The zero-order valence-electron chi connectivity index (χ0n) is 7.44. The van der Waals surface area contributed by atoms with E-state index in [1.807, 2.05) is 0 Å². The number of nitrogens with zero attached hydrogens (tertiary/aromatic N) is 1. The minimum absolute atomic E-state index is 0.0633. The van der Waals surface area contributed by atoms with Gasteiger partial charge in [0.2, 0.25) is 0 Å². The van der Waals surface area contributed by atoms with Gasteiger partial charge >= 0.3 is 0 Å². The third-order valence-electron chi connectivity index (χ3n) is 2.06. The third-order valence-corrected chi connectivity index (χ3v) is 2.06. The van der Waals surface area contributed by atoms with Crippen LogP contribution in [-0.4, -0.2) is 60.2 Å². The van der Waals surface area contributed by atoms with Gasteiger partial charge in [-0.2, -0.15) is 0 Å². The molecule has 1 unspecified atom stereocenters.